The summed E-state index contributed by atoms with van der Waals surface area (Å²) in [5, 5.41) is 16.3. The number of amides is 1. The molecule has 0 aliphatic carbocycles. The molecule has 1 aliphatic rings. The Morgan fingerprint density at radius 1 is 1.09 bits per heavy atom. The third-order valence-electron chi connectivity index (χ3n) is 5.73. The van der Waals surface area contributed by atoms with Gasteiger partial charge in [-0.25, -0.2) is 0 Å². The number of nitrogens with one attached hydrogen (secondary N) is 1. The first-order valence-electron chi connectivity index (χ1n) is 11.2. The molecule has 7 nitrogen and oxygen atoms in total. The lowest BCUT2D eigenvalue weighted by atomic mass is 9.87. The SMILES string of the molecule is CC(C)(C)c1ccc(-n2nnnc2SCC(=O)Nc2ccc(CN3CCCC3)cc2Cl)c(Cl)c1. The fraction of sp³-hybridized carbons (Fsp3) is 0.417. The van der Waals surface area contributed by atoms with E-state index in [0.717, 1.165) is 30.8 Å². The van der Waals surface area contributed by atoms with Gasteiger partial charge in [0.2, 0.25) is 11.1 Å². The lowest BCUT2D eigenvalue weighted by molar-refractivity contribution is -0.113. The smallest absolute Gasteiger partial charge is 0.234 e. The molecule has 2 heterocycles. The van der Waals surface area contributed by atoms with Crippen LogP contribution in [0.3, 0.4) is 0 Å². The summed E-state index contributed by atoms with van der Waals surface area (Å²) in [6.07, 6.45) is 2.49. The van der Waals surface area contributed by atoms with Gasteiger partial charge in [-0.1, -0.05) is 67.9 Å². The highest BCUT2D eigenvalue weighted by atomic mass is 35.5. The monoisotopic (exact) mass is 518 g/mol. The summed E-state index contributed by atoms with van der Waals surface area (Å²) in [5.41, 5.74) is 3.50. The van der Waals surface area contributed by atoms with Gasteiger partial charge in [0.15, 0.2) is 0 Å². The Labute approximate surface area is 214 Å². The van der Waals surface area contributed by atoms with E-state index < -0.39 is 0 Å². The molecule has 3 aromatic rings. The third-order valence-corrected chi connectivity index (χ3v) is 7.26. The van der Waals surface area contributed by atoms with Crippen LogP contribution in [0.5, 0.6) is 0 Å². The molecule has 2 aromatic carbocycles. The largest absolute Gasteiger partial charge is 0.324 e. The van der Waals surface area contributed by atoms with Crippen LogP contribution in [-0.4, -0.2) is 49.9 Å². The highest BCUT2D eigenvalue weighted by molar-refractivity contribution is 7.99. The van der Waals surface area contributed by atoms with E-state index in [1.165, 1.54) is 24.6 Å². The van der Waals surface area contributed by atoms with E-state index in [2.05, 4.69) is 46.5 Å². The van der Waals surface area contributed by atoms with Gasteiger partial charge in [-0.05, 0) is 77.2 Å². The van der Waals surface area contributed by atoms with Crippen LogP contribution in [0.4, 0.5) is 5.69 Å². The van der Waals surface area contributed by atoms with Crippen molar-refractivity contribution in [2.45, 2.75) is 50.7 Å². The molecule has 1 amide bonds. The average Bonchev–Trinajstić information content (AvgIpc) is 3.45. The van der Waals surface area contributed by atoms with Crippen molar-refractivity contribution in [3.05, 3.63) is 57.6 Å². The van der Waals surface area contributed by atoms with Crippen LogP contribution in [0, 0.1) is 0 Å². The Bertz CT molecular complexity index is 1170. The van der Waals surface area contributed by atoms with Gasteiger partial charge in [0.25, 0.3) is 0 Å². The Kier molecular flexibility index (Phi) is 7.82. The maximum absolute atomic E-state index is 12.6. The van der Waals surface area contributed by atoms with Crippen molar-refractivity contribution in [2.24, 2.45) is 0 Å². The summed E-state index contributed by atoms with van der Waals surface area (Å²) in [7, 11) is 0. The summed E-state index contributed by atoms with van der Waals surface area (Å²) in [6, 6.07) is 11.6. The van der Waals surface area contributed by atoms with Crippen LogP contribution in [0.15, 0.2) is 41.6 Å². The molecule has 1 fully saturated rings. The van der Waals surface area contributed by atoms with E-state index in [4.69, 9.17) is 23.2 Å². The minimum atomic E-state index is -0.192. The molecule has 10 heteroatoms. The highest BCUT2D eigenvalue weighted by Gasteiger charge is 2.19. The minimum absolute atomic E-state index is 0.0217. The lowest BCUT2D eigenvalue weighted by Crippen LogP contribution is -2.18. The number of nitrogens with zero attached hydrogens (tertiary/aromatic N) is 5. The molecule has 0 saturated carbocycles. The fourth-order valence-corrected chi connectivity index (χ4v) is 5.03. The first kappa shape index (κ1) is 25.0. The number of carbonyl (C=O) groups excluding carboxylic acids is 1. The van der Waals surface area contributed by atoms with Gasteiger partial charge in [-0.3, -0.25) is 9.69 Å². The number of hydrogen-bond acceptors (Lipinski definition) is 6. The summed E-state index contributed by atoms with van der Waals surface area (Å²) >= 11 is 14.2. The molecule has 180 valence electrons. The molecule has 1 saturated heterocycles. The number of thioether (sulfide) groups is 1. The van der Waals surface area contributed by atoms with Gasteiger partial charge in [-0.15, -0.1) is 5.10 Å². The molecule has 0 bridgehead atoms. The van der Waals surface area contributed by atoms with Gasteiger partial charge >= 0.3 is 0 Å². The van der Waals surface area contributed by atoms with Gasteiger partial charge < -0.3 is 5.32 Å². The number of tetrazole rings is 1. The lowest BCUT2D eigenvalue weighted by Gasteiger charge is -2.20. The van der Waals surface area contributed by atoms with E-state index in [1.807, 2.05) is 36.4 Å². The van der Waals surface area contributed by atoms with Crippen molar-refractivity contribution >= 4 is 46.6 Å². The van der Waals surface area contributed by atoms with Crippen LogP contribution in [0.1, 0.15) is 44.7 Å². The number of anilines is 1. The Hall–Kier alpha value is -2.13. The van der Waals surface area contributed by atoms with E-state index in [-0.39, 0.29) is 17.1 Å². The molecular weight excluding hydrogens is 491 g/mol. The Morgan fingerprint density at radius 2 is 1.85 bits per heavy atom. The molecular formula is C24H28Cl2N6OS. The second kappa shape index (κ2) is 10.6. The van der Waals surface area contributed by atoms with Crippen molar-refractivity contribution in [2.75, 3.05) is 24.2 Å². The topological polar surface area (TPSA) is 75.9 Å². The van der Waals surface area contributed by atoms with Crippen molar-refractivity contribution in [3.8, 4) is 5.69 Å². The average molecular weight is 520 g/mol. The number of aromatic nitrogens is 4. The predicted molar refractivity (Wildman–Crippen MR) is 138 cm³/mol. The number of halogens is 2. The highest BCUT2D eigenvalue weighted by Crippen LogP contribution is 2.30. The van der Waals surface area contributed by atoms with Gasteiger partial charge in [0.1, 0.15) is 0 Å². The van der Waals surface area contributed by atoms with Crippen LogP contribution < -0.4 is 5.32 Å². The fourth-order valence-electron chi connectivity index (χ4n) is 3.84. The summed E-state index contributed by atoms with van der Waals surface area (Å²) in [5.74, 6) is -0.0628. The number of likely N-dealkylation sites (tertiary alicyclic amines) is 1. The van der Waals surface area contributed by atoms with Crippen LogP contribution in [0.2, 0.25) is 10.0 Å². The molecule has 1 aliphatic heterocycles. The molecule has 1 N–H and O–H groups in total. The van der Waals surface area contributed by atoms with Gasteiger partial charge in [-0.2, -0.15) is 4.68 Å². The van der Waals surface area contributed by atoms with Crippen molar-refractivity contribution < 1.29 is 4.79 Å². The normalized spacial score (nSPS) is 14.5. The van der Waals surface area contributed by atoms with Crippen LogP contribution in [-0.2, 0) is 16.8 Å². The first-order chi connectivity index (χ1) is 16.2. The molecule has 0 atom stereocenters. The molecule has 1 aromatic heterocycles. The zero-order valence-electron chi connectivity index (χ0n) is 19.5. The Balaban J connectivity index is 1.38. The second-order valence-corrected chi connectivity index (χ2v) is 11.2. The summed E-state index contributed by atoms with van der Waals surface area (Å²) in [6.45, 7) is 9.51. The Morgan fingerprint density at radius 3 is 2.53 bits per heavy atom. The number of hydrogen-bond donors (Lipinski definition) is 1. The van der Waals surface area contributed by atoms with E-state index in [1.54, 1.807) is 4.68 Å². The van der Waals surface area contributed by atoms with Crippen LogP contribution in [0.25, 0.3) is 5.69 Å². The summed E-state index contributed by atoms with van der Waals surface area (Å²) in [4.78, 5) is 15.0. The third kappa shape index (κ3) is 6.10. The van der Waals surface area contributed by atoms with Gasteiger partial charge in [0.05, 0.1) is 27.2 Å². The van der Waals surface area contributed by atoms with E-state index >= 15 is 0 Å². The van der Waals surface area contributed by atoms with E-state index in [9.17, 15) is 4.79 Å². The summed E-state index contributed by atoms with van der Waals surface area (Å²) < 4.78 is 1.55. The maximum atomic E-state index is 12.6. The van der Waals surface area contributed by atoms with Crippen molar-refractivity contribution in [1.82, 2.24) is 25.1 Å². The molecule has 34 heavy (non-hydrogen) atoms. The van der Waals surface area contributed by atoms with Gasteiger partial charge in [0, 0.05) is 6.54 Å². The van der Waals surface area contributed by atoms with E-state index in [0.29, 0.717) is 26.6 Å². The molecule has 0 spiro atoms. The minimum Gasteiger partial charge on any atom is -0.324 e. The zero-order valence-corrected chi connectivity index (χ0v) is 21.8. The van der Waals surface area contributed by atoms with Crippen molar-refractivity contribution in [3.63, 3.8) is 0 Å². The maximum Gasteiger partial charge on any atom is 0.234 e. The predicted octanol–water partition coefficient (Wildman–Crippen LogP) is 5.59. The molecule has 0 unspecified atom stereocenters. The zero-order chi connectivity index (χ0) is 24.3. The molecule has 4 rings (SSSR count). The van der Waals surface area contributed by atoms with Crippen LogP contribution >= 0.6 is 35.0 Å². The standard InChI is InChI=1S/C24H28Cl2N6OS/c1-24(2,3)17-7-9-21(19(26)13-17)32-23(28-29-30-32)34-15-22(33)27-20-8-6-16(12-18(20)25)14-31-10-4-5-11-31/h6-9,12-13H,4-5,10-11,14-15H2,1-3H3,(H,27,33). The number of benzene rings is 2. The second-order valence-electron chi connectivity index (χ2n) is 9.42. The van der Waals surface area contributed by atoms with Crippen molar-refractivity contribution in [1.29, 1.82) is 0 Å². The number of rotatable bonds is 7. The first-order valence-corrected chi connectivity index (χ1v) is 13.0. The number of carbonyl (C=O) groups is 1. The quantitative estimate of drug-likeness (QED) is 0.410. The molecule has 0 radical (unpaired) electrons.